The number of carbonyl (C=O) groups excluding carboxylic acids is 2. The second kappa shape index (κ2) is 8.00. The maximum absolute atomic E-state index is 14.6. The fourth-order valence-electron chi connectivity index (χ4n) is 6.05. The molecule has 0 bridgehead atoms. The lowest BCUT2D eigenvalue weighted by Crippen LogP contribution is -2.52. The summed E-state index contributed by atoms with van der Waals surface area (Å²) in [4.78, 5) is 41.2. The van der Waals surface area contributed by atoms with Crippen LogP contribution in [0, 0.1) is 21.8 Å². The van der Waals surface area contributed by atoms with Gasteiger partial charge in [0.05, 0.1) is 10.8 Å². The van der Waals surface area contributed by atoms with Crippen LogP contribution in [0.5, 0.6) is 0 Å². The Bertz CT molecular complexity index is 1380. The molecule has 0 unspecified atom stereocenters. The van der Waals surface area contributed by atoms with Crippen molar-refractivity contribution in [2.45, 2.75) is 17.5 Å². The van der Waals surface area contributed by atoms with Gasteiger partial charge in [-0.2, -0.15) is 0 Å². The fourth-order valence-corrected chi connectivity index (χ4v) is 7.37. The number of carbonyl (C=O) groups is 2. The molecule has 35 heavy (non-hydrogen) atoms. The number of ketones is 1. The van der Waals surface area contributed by atoms with Crippen molar-refractivity contribution in [3.05, 3.63) is 105 Å². The first-order valence-corrected chi connectivity index (χ1v) is 12.4. The number of halogens is 1. The lowest BCUT2D eigenvalue weighted by molar-refractivity contribution is -0.384. The molecule has 3 aliphatic rings. The Morgan fingerprint density at radius 2 is 1.91 bits per heavy atom. The van der Waals surface area contributed by atoms with Gasteiger partial charge in [-0.25, -0.2) is 4.39 Å². The Morgan fingerprint density at radius 3 is 2.69 bits per heavy atom. The molecule has 0 radical (unpaired) electrons. The van der Waals surface area contributed by atoms with Gasteiger partial charge < -0.3 is 5.32 Å². The van der Waals surface area contributed by atoms with E-state index in [1.54, 1.807) is 54.2 Å². The molecule has 2 saturated heterocycles. The van der Waals surface area contributed by atoms with Gasteiger partial charge in [0.1, 0.15) is 11.4 Å². The normalized spacial score (nSPS) is 27.0. The van der Waals surface area contributed by atoms with Crippen molar-refractivity contribution in [1.29, 1.82) is 0 Å². The van der Waals surface area contributed by atoms with E-state index in [0.29, 0.717) is 34.0 Å². The highest BCUT2D eigenvalue weighted by Gasteiger charge is 2.69. The molecule has 3 aliphatic heterocycles. The van der Waals surface area contributed by atoms with Gasteiger partial charge in [-0.3, -0.25) is 24.6 Å². The number of nitro benzene ring substituents is 1. The van der Waals surface area contributed by atoms with E-state index in [4.69, 9.17) is 0 Å². The summed E-state index contributed by atoms with van der Waals surface area (Å²) in [5, 5.41) is 14.4. The highest BCUT2D eigenvalue weighted by Crippen LogP contribution is 2.61. The van der Waals surface area contributed by atoms with E-state index in [1.807, 2.05) is 4.90 Å². The van der Waals surface area contributed by atoms with Crippen molar-refractivity contribution in [1.82, 2.24) is 4.90 Å². The Kier molecular flexibility index (Phi) is 5.01. The van der Waals surface area contributed by atoms with Crippen LogP contribution in [-0.2, 0) is 10.3 Å². The summed E-state index contributed by atoms with van der Waals surface area (Å²) >= 11 is 1.63. The summed E-state index contributed by atoms with van der Waals surface area (Å²) in [5.74, 6) is -1.38. The molecule has 0 aliphatic carbocycles. The molecule has 0 saturated carbocycles. The highest BCUT2D eigenvalue weighted by molar-refractivity contribution is 7.99. The third-order valence-corrected chi connectivity index (χ3v) is 8.43. The van der Waals surface area contributed by atoms with Crippen LogP contribution >= 0.6 is 11.8 Å². The summed E-state index contributed by atoms with van der Waals surface area (Å²) in [5.41, 5.74) is 0.497. The molecule has 2 fully saturated rings. The number of hydrogen-bond acceptors (Lipinski definition) is 6. The number of Topliss-reactive ketones (excluding diaryl/α,β-unsaturated/α-hetero) is 1. The summed E-state index contributed by atoms with van der Waals surface area (Å²) in [7, 11) is 0. The Balaban J connectivity index is 1.63. The number of nitrogens with one attached hydrogen (secondary N) is 1. The van der Waals surface area contributed by atoms with Crippen LogP contribution in [0.2, 0.25) is 0 Å². The van der Waals surface area contributed by atoms with Gasteiger partial charge in [-0.05, 0) is 23.8 Å². The predicted molar refractivity (Wildman–Crippen MR) is 130 cm³/mol. The van der Waals surface area contributed by atoms with E-state index < -0.39 is 28.1 Å². The fraction of sp³-hybridized carbons (Fsp3) is 0.231. The number of non-ortho nitro benzene ring substituents is 1. The van der Waals surface area contributed by atoms with Crippen LogP contribution in [0.1, 0.15) is 27.4 Å². The molecule has 0 aromatic heterocycles. The third-order valence-electron chi connectivity index (χ3n) is 7.39. The summed E-state index contributed by atoms with van der Waals surface area (Å²) in [6.45, 7) is 0. The molecule has 3 aromatic carbocycles. The molecule has 6 rings (SSSR count). The Morgan fingerprint density at radius 1 is 1.11 bits per heavy atom. The second-order valence-corrected chi connectivity index (χ2v) is 10.0. The smallest absolute Gasteiger partial charge is 0.269 e. The maximum atomic E-state index is 14.6. The average Bonchev–Trinajstić information content (AvgIpc) is 3.52. The van der Waals surface area contributed by atoms with Gasteiger partial charge in [0, 0.05) is 52.5 Å². The highest BCUT2D eigenvalue weighted by atomic mass is 32.2. The van der Waals surface area contributed by atoms with Gasteiger partial charge in [0.2, 0.25) is 5.91 Å². The quantitative estimate of drug-likeness (QED) is 0.328. The molecular weight excluding hydrogens is 469 g/mol. The van der Waals surface area contributed by atoms with E-state index in [2.05, 4.69) is 5.32 Å². The van der Waals surface area contributed by atoms with Crippen LogP contribution < -0.4 is 5.32 Å². The molecule has 176 valence electrons. The largest absolute Gasteiger partial charge is 0.324 e. The zero-order valence-corrected chi connectivity index (χ0v) is 19.2. The molecular formula is C26H20FN3O4S. The molecule has 1 amide bonds. The molecule has 9 heteroatoms. The first kappa shape index (κ1) is 21.9. The molecule has 1 N–H and O–H groups in total. The Hall–Kier alpha value is -3.56. The van der Waals surface area contributed by atoms with E-state index in [9.17, 15) is 24.1 Å². The molecule has 3 heterocycles. The van der Waals surface area contributed by atoms with Crippen molar-refractivity contribution in [2.24, 2.45) is 5.92 Å². The molecule has 1 spiro atoms. The van der Waals surface area contributed by atoms with Crippen molar-refractivity contribution < 1.29 is 18.9 Å². The standard InChI is InChI=1S/C26H20FN3O4S/c27-17-9-10-20-19(12-17)26(25(32)28-20)23(24(31)15-5-2-1-3-6-15)22(21-13-35-14-29(21)26)16-7-4-8-18(11-16)30(33)34/h1-12,21-23H,13-14H2,(H,28,32)/t21-,22+,23-,26-/m1/s1. The number of amides is 1. The van der Waals surface area contributed by atoms with Gasteiger partial charge >= 0.3 is 0 Å². The number of fused-ring (bicyclic) bond motifs is 4. The monoisotopic (exact) mass is 489 g/mol. The van der Waals surface area contributed by atoms with Crippen molar-refractivity contribution in [3.8, 4) is 0 Å². The van der Waals surface area contributed by atoms with Gasteiger partial charge in [0.15, 0.2) is 5.78 Å². The van der Waals surface area contributed by atoms with Crippen LogP contribution in [0.25, 0.3) is 0 Å². The lowest BCUT2D eigenvalue weighted by Gasteiger charge is -2.36. The first-order valence-electron chi connectivity index (χ1n) is 11.2. The van der Waals surface area contributed by atoms with Crippen LogP contribution in [0.15, 0.2) is 72.8 Å². The number of anilines is 1. The molecule has 7 nitrogen and oxygen atoms in total. The minimum atomic E-state index is -1.42. The number of thioether (sulfide) groups is 1. The average molecular weight is 490 g/mol. The van der Waals surface area contributed by atoms with E-state index in [-0.39, 0.29) is 23.4 Å². The lowest BCUT2D eigenvalue weighted by atomic mass is 9.69. The topological polar surface area (TPSA) is 92.5 Å². The van der Waals surface area contributed by atoms with Crippen LogP contribution in [0.4, 0.5) is 15.8 Å². The van der Waals surface area contributed by atoms with Crippen LogP contribution in [0.3, 0.4) is 0 Å². The number of nitro groups is 1. The van der Waals surface area contributed by atoms with Gasteiger partial charge in [-0.1, -0.05) is 42.5 Å². The Labute approximate surface area is 204 Å². The number of rotatable bonds is 4. The molecule has 4 atom stereocenters. The van der Waals surface area contributed by atoms with E-state index in [0.717, 1.165) is 0 Å². The van der Waals surface area contributed by atoms with Crippen molar-refractivity contribution in [3.63, 3.8) is 0 Å². The SMILES string of the molecule is O=C(c1ccccc1)[C@H]1[C@@H](c2cccc([N+](=O)[O-])c2)[C@H]2CSCN2[C@@]12C(=O)Nc1ccc(F)cc12. The summed E-state index contributed by atoms with van der Waals surface area (Å²) < 4.78 is 14.6. The first-order chi connectivity index (χ1) is 16.9. The van der Waals surface area contributed by atoms with E-state index in [1.165, 1.54) is 30.3 Å². The summed E-state index contributed by atoms with van der Waals surface area (Å²) in [6, 6.07) is 19.0. The second-order valence-electron chi connectivity index (χ2n) is 9.03. The maximum Gasteiger partial charge on any atom is 0.269 e. The van der Waals surface area contributed by atoms with Gasteiger partial charge in [-0.15, -0.1) is 11.8 Å². The minimum Gasteiger partial charge on any atom is -0.324 e. The summed E-state index contributed by atoms with van der Waals surface area (Å²) in [6.07, 6.45) is 0. The van der Waals surface area contributed by atoms with E-state index >= 15 is 0 Å². The van der Waals surface area contributed by atoms with Crippen LogP contribution in [-0.4, -0.2) is 39.2 Å². The van der Waals surface area contributed by atoms with Crippen molar-refractivity contribution in [2.75, 3.05) is 16.9 Å². The zero-order valence-electron chi connectivity index (χ0n) is 18.4. The number of hydrogen-bond donors (Lipinski definition) is 1. The van der Waals surface area contributed by atoms with Gasteiger partial charge in [0.25, 0.3) is 5.69 Å². The number of nitrogens with zero attached hydrogens (tertiary/aromatic N) is 2. The zero-order chi connectivity index (χ0) is 24.3. The van der Waals surface area contributed by atoms with Crippen molar-refractivity contribution >= 4 is 34.8 Å². The minimum absolute atomic E-state index is 0.0751. The molecule has 3 aromatic rings. The third kappa shape index (κ3) is 3.08. The number of benzene rings is 3. The predicted octanol–water partition coefficient (Wildman–Crippen LogP) is 4.55.